The Hall–Kier alpha value is -1.55. The molecule has 0 saturated heterocycles. The molecule has 6 heteroatoms. The van der Waals surface area contributed by atoms with Crippen LogP contribution in [0.4, 0.5) is 0 Å². The Labute approximate surface area is 241 Å². The first-order valence-electron chi connectivity index (χ1n) is 14.3. The number of methoxy groups -OCH3 is 1. The molecule has 2 rings (SSSR count). The molecule has 0 radical (unpaired) electrons. The number of hydrogen-bond acceptors (Lipinski definition) is 4. The Balaban J connectivity index is 2.55. The minimum atomic E-state index is -2.70. The summed E-state index contributed by atoms with van der Waals surface area (Å²) < 4.78 is 19.9. The van der Waals surface area contributed by atoms with Crippen molar-refractivity contribution < 1.29 is 18.7 Å². The quantitative estimate of drug-likeness (QED) is 0.213. The topological polar surface area (TPSA) is 47.9 Å². The van der Waals surface area contributed by atoms with Gasteiger partial charge in [-0.25, -0.2) is 0 Å². The van der Waals surface area contributed by atoms with Gasteiger partial charge in [0, 0.05) is 25.6 Å². The van der Waals surface area contributed by atoms with Gasteiger partial charge in [0.15, 0.2) is 8.32 Å². The maximum atomic E-state index is 11.3. The molecule has 2 aromatic rings. The standard InChI is InChI=1S/C33H54O4Si2/c1-13-29(35-10)30(34)26(3)31(37-38(11,12)32(4,5)6)25(2)24-36-39(33(7,8)9,27-20-16-14-17-21-27)28-22-18-15-19-23-28/h13-23,25-26,29-31,34H,1,24H2,2-12H3/t25-,26-,29-,30+,31+/m1/s1. The van der Waals surface area contributed by atoms with Crippen LogP contribution in [0.15, 0.2) is 73.3 Å². The molecule has 39 heavy (non-hydrogen) atoms. The molecule has 0 unspecified atom stereocenters. The lowest BCUT2D eigenvalue weighted by molar-refractivity contribution is -0.0618. The molecule has 0 aromatic heterocycles. The van der Waals surface area contributed by atoms with Gasteiger partial charge in [-0.3, -0.25) is 0 Å². The fourth-order valence-electron chi connectivity index (χ4n) is 5.24. The molecule has 0 fully saturated rings. The van der Waals surface area contributed by atoms with Crippen LogP contribution in [0.2, 0.25) is 23.2 Å². The van der Waals surface area contributed by atoms with Crippen molar-refractivity contribution in [3.05, 3.63) is 73.3 Å². The summed E-state index contributed by atoms with van der Waals surface area (Å²) in [6.07, 6.45) is 0.262. The van der Waals surface area contributed by atoms with Crippen LogP contribution in [0.1, 0.15) is 55.4 Å². The highest BCUT2D eigenvalue weighted by molar-refractivity contribution is 6.99. The molecule has 0 bridgehead atoms. The molecular weight excluding hydrogens is 517 g/mol. The van der Waals surface area contributed by atoms with Crippen molar-refractivity contribution in [2.24, 2.45) is 11.8 Å². The van der Waals surface area contributed by atoms with Gasteiger partial charge in [-0.1, -0.05) is 122 Å². The SMILES string of the molecule is C=C[C@@H](OC)[C@@H](O)[C@@H](C)[C@@H](O[Si](C)(C)C(C)(C)C)[C@H](C)CO[Si](c1ccccc1)(c1ccccc1)C(C)(C)C. The molecule has 4 nitrogen and oxygen atoms in total. The van der Waals surface area contributed by atoms with Crippen LogP contribution in [0.25, 0.3) is 0 Å². The van der Waals surface area contributed by atoms with Gasteiger partial charge in [0.2, 0.25) is 0 Å². The third kappa shape index (κ3) is 7.60. The lowest BCUT2D eigenvalue weighted by Gasteiger charge is -2.46. The molecule has 0 saturated carbocycles. The van der Waals surface area contributed by atoms with Gasteiger partial charge in [0.1, 0.15) is 6.10 Å². The summed E-state index contributed by atoms with van der Waals surface area (Å²) in [6.45, 7) is 26.9. The van der Waals surface area contributed by atoms with E-state index >= 15 is 0 Å². The first-order chi connectivity index (χ1) is 18.0. The van der Waals surface area contributed by atoms with E-state index in [2.05, 4.69) is 136 Å². The summed E-state index contributed by atoms with van der Waals surface area (Å²) in [5, 5.41) is 13.8. The smallest absolute Gasteiger partial charge is 0.261 e. The van der Waals surface area contributed by atoms with Crippen LogP contribution in [-0.4, -0.2) is 53.8 Å². The highest BCUT2D eigenvalue weighted by Crippen LogP contribution is 2.41. The Bertz CT molecular complexity index is 972. The van der Waals surface area contributed by atoms with Crippen LogP contribution in [-0.2, 0) is 13.6 Å². The summed E-state index contributed by atoms with van der Waals surface area (Å²) in [5.74, 6) is -0.146. The molecule has 2 aromatic carbocycles. The highest BCUT2D eigenvalue weighted by atomic mass is 28.4. The van der Waals surface area contributed by atoms with Gasteiger partial charge in [-0.2, -0.15) is 0 Å². The number of aliphatic hydroxyl groups is 1. The normalized spacial score (nSPS) is 17.2. The third-order valence-electron chi connectivity index (χ3n) is 8.68. The maximum absolute atomic E-state index is 11.3. The first-order valence-corrected chi connectivity index (χ1v) is 19.1. The summed E-state index contributed by atoms with van der Waals surface area (Å²) in [6, 6.07) is 21.5. The van der Waals surface area contributed by atoms with Crippen molar-refractivity contribution in [2.75, 3.05) is 13.7 Å². The fourth-order valence-corrected chi connectivity index (χ4v) is 11.4. The van der Waals surface area contributed by atoms with Crippen molar-refractivity contribution in [2.45, 2.75) is 96.9 Å². The largest absolute Gasteiger partial charge is 0.413 e. The molecule has 0 aliphatic rings. The number of rotatable bonds is 13. The van der Waals surface area contributed by atoms with Gasteiger partial charge in [-0.15, -0.1) is 6.58 Å². The van der Waals surface area contributed by atoms with Crippen LogP contribution in [0.3, 0.4) is 0 Å². The van der Waals surface area contributed by atoms with E-state index in [-0.39, 0.29) is 28.0 Å². The zero-order chi connectivity index (χ0) is 29.6. The van der Waals surface area contributed by atoms with Gasteiger partial charge < -0.3 is 18.7 Å². The van der Waals surface area contributed by atoms with Crippen molar-refractivity contribution in [3.8, 4) is 0 Å². The van der Waals surface area contributed by atoms with Gasteiger partial charge >= 0.3 is 0 Å². The number of aliphatic hydroxyl groups excluding tert-OH is 1. The van der Waals surface area contributed by atoms with E-state index in [0.29, 0.717) is 6.61 Å². The Morgan fingerprint density at radius 1 is 0.846 bits per heavy atom. The zero-order valence-electron chi connectivity index (χ0n) is 26.3. The summed E-state index contributed by atoms with van der Waals surface area (Å²) >= 11 is 0. The number of hydrogen-bond donors (Lipinski definition) is 1. The summed E-state index contributed by atoms with van der Waals surface area (Å²) in [5.41, 5.74) is 0. The van der Waals surface area contributed by atoms with Gasteiger partial charge in [0.05, 0.1) is 12.2 Å². The second-order valence-corrected chi connectivity index (χ2v) is 22.6. The monoisotopic (exact) mass is 570 g/mol. The van der Waals surface area contributed by atoms with E-state index in [1.54, 1.807) is 13.2 Å². The van der Waals surface area contributed by atoms with E-state index in [4.69, 9.17) is 13.6 Å². The van der Waals surface area contributed by atoms with E-state index in [1.807, 2.05) is 0 Å². The molecule has 0 spiro atoms. The summed E-state index contributed by atoms with van der Waals surface area (Å²) in [4.78, 5) is 0. The Morgan fingerprint density at radius 3 is 1.67 bits per heavy atom. The lowest BCUT2D eigenvalue weighted by atomic mass is 9.87. The molecule has 0 heterocycles. The molecule has 218 valence electrons. The fraction of sp³-hybridized carbons (Fsp3) is 0.576. The molecule has 0 amide bonds. The lowest BCUT2D eigenvalue weighted by Crippen LogP contribution is -2.67. The second kappa shape index (κ2) is 13.4. The van der Waals surface area contributed by atoms with Crippen molar-refractivity contribution in [1.82, 2.24) is 0 Å². The van der Waals surface area contributed by atoms with E-state index in [1.165, 1.54) is 10.4 Å². The highest BCUT2D eigenvalue weighted by Gasteiger charge is 2.51. The molecule has 1 N–H and O–H groups in total. The van der Waals surface area contributed by atoms with Crippen molar-refractivity contribution in [1.29, 1.82) is 0 Å². The Morgan fingerprint density at radius 2 is 1.31 bits per heavy atom. The van der Waals surface area contributed by atoms with Crippen LogP contribution >= 0.6 is 0 Å². The van der Waals surface area contributed by atoms with Crippen molar-refractivity contribution >= 4 is 27.0 Å². The Kier molecular flexibility index (Phi) is 11.6. The average molecular weight is 571 g/mol. The summed E-state index contributed by atoms with van der Waals surface area (Å²) in [7, 11) is -3.24. The molecule has 0 aliphatic heterocycles. The van der Waals surface area contributed by atoms with Crippen LogP contribution in [0, 0.1) is 11.8 Å². The van der Waals surface area contributed by atoms with E-state index in [9.17, 15) is 5.11 Å². The van der Waals surface area contributed by atoms with Crippen LogP contribution < -0.4 is 10.4 Å². The average Bonchev–Trinajstić information content (AvgIpc) is 2.87. The van der Waals surface area contributed by atoms with E-state index < -0.39 is 28.8 Å². The molecular formula is C33H54O4Si2. The third-order valence-corrected chi connectivity index (χ3v) is 18.2. The predicted molar refractivity (Wildman–Crippen MR) is 171 cm³/mol. The zero-order valence-corrected chi connectivity index (χ0v) is 28.3. The van der Waals surface area contributed by atoms with Crippen LogP contribution in [0.5, 0.6) is 0 Å². The predicted octanol–water partition coefficient (Wildman–Crippen LogP) is 6.79. The van der Waals surface area contributed by atoms with Crippen molar-refractivity contribution in [3.63, 3.8) is 0 Å². The van der Waals surface area contributed by atoms with Gasteiger partial charge in [0.25, 0.3) is 8.32 Å². The minimum Gasteiger partial charge on any atom is -0.413 e. The first kappa shape index (κ1) is 33.7. The molecule has 5 atom stereocenters. The minimum absolute atomic E-state index is 0.0349. The molecule has 0 aliphatic carbocycles. The number of ether oxygens (including phenoxy) is 1. The number of benzene rings is 2. The maximum Gasteiger partial charge on any atom is 0.261 e. The van der Waals surface area contributed by atoms with E-state index in [0.717, 1.165) is 0 Å². The second-order valence-electron chi connectivity index (χ2n) is 13.6. The van der Waals surface area contributed by atoms with Gasteiger partial charge in [-0.05, 0) is 33.5 Å².